The first kappa shape index (κ1) is 10.9. The van der Waals surface area contributed by atoms with Gasteiger partial charge in [-0.05, 0) is 13.0 Å². The number of hydrogen-bond acceptors (Lipinski definition) is 3. The summed E-state index contributed by atoms with van der Waals surface area (Å²) < 4.78 is 22.8. The van der Waals surface area contributed by atoms with Crippen LogP contribution in [0.15, 0.2) is 18.2 Å². The molecule has 0 spiro atoms. The van der Waals surface area contributed by atoms with Gasteiger partial charge < -0.3 is 15.2 Å². The van der Waals surface area contributed by atoms with Gasteiger partial charge >= 0.3 is 0 Å². The molecular weight excluding hydrogens is 185 g/mol. The third-order valence-electron chi connectivity index (χ3n) is 1.80. The molecule has 0 aliphatic rings. The van der Waals surface area contributed by atoms with E-state index in [0.29, 0.717) is 5.75 Å². The topological polar surface area (TPSA) is 44.5 Å². The quantitative estimate of drug-likeness (QED) is 0.752. The molecule has 1 atom stereocenters. The molecule has 0 unspecified atom stereocenters. The van der Waals surface area contributed by atoms with Gasteiger partial charge in [0.25, 0.3) is 0 Å². The number of nitrogens with two attached hydrogens (primary N) is 1. The van der Waals surface area contributed by atoms with Crippen LogP contribution in [0.3, 0.4) is 0 Å². The summed E-state index contributed by atoms with van der Waals surface area (Å²) in [6, 6.07) is 4.09. The lowest BCUT2D eigenvalue weighted by Gasteiger charge is -2.13. The second-order valence-electron chi connectivity index (χ2n) is 3.02. The molecule has 0 radical (unpaired) electrons. The van der Waals surface area contributed by atoms with E-state index in [2.05, 4.69) is 0 Å². The molecule has 0 amide bonds. The summed E-state index contributed by atoms with van der Waals surface area (Å²) in [6.07, 6.45) is 0. The highest BCUT2D eigenvalue weighted by molar-refractivity contribution is 5.35. The highest BCUT2D eigenvalue weighted by atomic mass is 19.1. The Hall–Kier alpha value is -1.13. The average molecular weight is 199 g/mol. The Morgan fingerprint density at radius 2 is 2.21 bits per heavy atom. The van der Waals surface area contributed by atoms with E-state index < -0.39 is 0 Å². The zero-order valence-corrected chi connectivity index (χ0v) is 8.29. The van der Waals surface area contributed by atoms with Crippen molar-refractivity contribution in [2.75, 3.05) is 13.9 Å². The maximum absolute atomic E-state index is 12.9. The summed E-state index contributed by atoms with van der Waals surface area (Å²) in [4.78, 5) is 0. The lowest BCUT2D eigenvalue weighted by Crippen LogP contribution is -2.09. The molecule has 4 heteroatoms. The monoisotopic (exact) mass is 199 g/mol. The Morgan fingerprint density at radius 3 is 2.79 bits per heavy atom. The van der Waals surface area contributed by atoms with Crippen molar-refractivity contribution < 1.29 is 13.9 Å². The molecule has 0 aliphatic heterocycles. The minimum absolute atomic E-state index is 0.0865. The van der Waals surface area contributed by atoms with Crippen molar-refractivity contribution in [1.29, 1.82) is 0 Å². The molecule has 0 heterocycles. The van der Waals surface area contributed by atoms with E-state index >= 15 is 0 Å². The van der Waals surface area contributed by atoms with Gasteiger partial charge in [0, 0.05) is 24.8 Å². The van der Waals surface area contributed by atoms with Gasteiger partial charge in [-0.1, -0.05) is 6.07 Å². The number of methoxy groups -OCH3 is 1. The van der Waals surface area contributed by atoms with Gasteiger partial charge in [0.15, 0.2) is 6.79 Å². The minimum atomic E-state index is -0.347. The van der Waals surface area contributed by atoms with E-state index in [9.17, 15) is 4.39 Å². The first-order valence-electron chi connectivity index (χ1n) is 4.32. The maximum atomic E-state index is 12.9. The molecule has 14 heavy (non-hydrogen) atoms. The van der Waals surface area contributed by atoms with E-state index in [1.54, 1.807) is 6.07 Å². The van der Waals surface area contributed by atoms with Gasteiger partial charge in [0.1, 0.15) is 11.6 Å². The fraction of sp³-hybridized carbons (Fsp3) is 0.400. The molecule has 0 aromatic heterocycles. The minimum Gasteiger partial charge on any atom is -0.467 e. The van der Waals surface area contributed by atoms with Crippen LogP contribution < -0.4 is 10.5 Å². The molecule has 2 N–H and O–H groups in total. The summed E-state index contributed by atoms with van der Waals surface area (Å²) in [7, 11) is 1.50. The number of halogens is 1. The van der Waals surface area contributed by atoms with Crippen molar-refractivity contribution in [3.8, 4) is 5.75 Å². The molecule has 0 bridgehead atoms. The predicted octanol–water partition coefficient (Wildman–Crippen LogP) is 1.83. The van der Waals surface area contributed by atoms with Gasteiger partial charge in [0.05, 0.1) is 0 Å². The first-order valence-corrected chi connectivity index (χ1v) is 4.32. The van der Waals surface area contributed by atoms with Crippen LogP contribution >= 0.6 is 0 Å². The third kappa shape index (κ3) is 2.68. The largest absolute Gasteiger partial charge is 0.467 e. The molecule has 1 aromatic carbocycles. The number of benzene rings is 1. The Kier molecular flexibility index (Phi) is 3.85. The summed E-state index contributed by atoms with van der Waals surface area (Å²) in [5, 5.41) is 0. The van der Waals surface area contributed by atoms with Crippen molar-refractivity contribution in [3.63, 3.8) is 0 Å². The molecule has 1 rings (SSSR count). The van der Waals surface area contributed by atoms with Crippen LogP contribution in [0.25, 0.3) is 0 Å². The Labute approximate surface area is 82.6 Å². The SMILES string of the molecule is COCOc1cc(F)ccc1[C@H](C)N. The lowest BCUT2D eigenvalue weighted by atomic mass is 10.1. The van der Waals surface area contributed by atoms with Crippen LogP contribution in [-0.2, 0) is 4.74 Å². The Balaban J connectivity index is 2.91. The fourth-order valence-corrected chi connectivity index (χ4v) is 1.13. The molecule has 0 fully saturated rings. The highest BCUT2D eigenvalue weighted by Gasteiger charge is 2.08. The Bertz CT molecular complexity index is 302. The van der Waals surface area contributed by atoms with Gasteiger partial charge in [-0.15, -0.1) is 0 Å². The van der Waals surface area contributed by atoms with Crippen LogP contribution in [0.4, 0.5) is 4.39 Å². The highest BCUT2D eigenvalue weighted by Crippen LogP contribution is 2.24. The van der Waals surface area contributed by atoms with Crippen LogP contribution in [0.5, 0.6) is 5.75 Å². The number of hydrogen-bond donors (Lipinski definition) is 1. The third-order valence-corrected chi connectivity index (χ3v) is 1.80. The Morgan fingerprint density at radius 1 is 1.50 bits per heavy atom. The van der Waals surface area contributed by atoms with E-state index in [1.807, 2.05) is 6.92 Å². The van der Waals surface area contributed by atoms with Crippen LogP contribution in [0.1, 0.15) is 18.5 Å². The number of ether oxygens (including phenoxy) is 2. The molecule has 78 valence electrons. The molecule has 0 saturated heterocycles. The standard InChI is InChI=1S/C10H14FNO2/c1-7(12)9-4-3-8(11)5-10(9)14-6-13-2/h3-5,7H,6,12H2,1-2H3/t7-/m0/s1. The van der Waals surface area contributed by atoms with Crippen molar-refractivity contribution in [2.45, 2.75) is 13.0 Å². The van der Waals surface area contributed by atoms with Gasteiger partial charge in [-0.2, -0.15) is 0 Å². The summed E-state index contributed by atoms with van der Waals surface area (Å²) in [5.41, 5.74) is 6.46. The average Bonchev–Trinajstić information content (AvgIpc) is 2.14. The lowest BCUT2D eigenvalue weighted by molar-refractivity contribution is 0.0500. The molecule has 0 aliphatic carbocycles. The molecular formula is C10H14FNO2. The van der Waals surface area contributed by atoms with Crippen molar-refractivity contribution in [2.24, 2.45) is 5.73 Å². The van der Waals surface area contributed by atoms with Crippen LogP contribution in [-0.4, -0.2) is 13.9 Å². The van der Waals surface area contributed by atoms with E-state index in [-0.39, 0.29) is 18.7 Å². The smallest absolute Gasteiger partial charge is 0.188 e. The van der Waals surface area contributed by atoms with E-state index in [1.165, 1.54) is 19.2 Å². The fourth-order valence-electron chi connectivity index (χ4n) is 1.13. The summed E-state index contributed by atoms with van der Waals surface area (Å²) in [5.74, 6) is 0.0855. The second kappa shape index (κ2) is 4.93. The van der Waals surface area contributed by atoms with Crippen LogP contribution in [0.2, 0.25) is 0 Å². The molecule has 3 nitrogen and oxygen atoms in total. The summed E-state index contributed by atoms with van der Waals surface area (Å²) in [6.45, 7) is 1.90. The molecule has 0 saturated carbocycles. The van der Waals surface area contributed by atoms with E-state index in [4.69, 9.17) is 15.2 Å². The number of rotatable bonds is 4. The second-order valence-corrected chi connectivity index (χ2v) is 3.02. The van der Waals surface area contributed by atoms with Crippen molar-refractivity contribution in [1.82, 2.24) is 0 Å². The zero-order chi connectivity index (χ0) is 10.6. The van der Waals surface area contributed by atoms with E-state index in [0.717, 1.165) is 5.56 Å². The summed E-state index contributed by atoms with van der Waals surface area (Å²) >= 11 is 0. The predicted molar refractivity (Wildman–Crippen MR) is 51.5 cm³/mol. The van der Waals surface area contributed by atoms with Crippen molar-refractivity contribution >= 4 is 0 Å². The normalized spacial score (nSPS) is 12.6. The molecule has 1 aromatic rings. The van der Waals surface area contributed by atoms with Crippen molar-refractivity contribution in [3.05, 3.63) is 29.6 Å². The van der Waals surface area contributed by atoms with Gasteiger partial charge in [-0.3, -0.25) is 0 Å². The van der Waals surface area contributed by atoms with Crippen LogP contribution in [0, 0.1) is 5.82 Å². The van der Waals surface area contributed by atoms with Gasteiger partial charge in [-0.25, -0.2) is 4.39 Å². The van der Waals surface area contributed by atoms with Gasteiger partial charge in [0.2, 0.25) is 0 Å². The maximum Gasteiger partial charge on any atom is 0.188 e. The zero-order valence-electron chi connectivity index (χ0n) is 8.29. The first-order chi connectivity index (χ1) is 6.65.